The second kappa shape index (κ2) is 2.06. The zero-order chi connectivity index (χ0) is 6.85. The number of aromatic amines is 1. The summed E-state index contributed by atoms with van der Waals surface area (Å²) in [6, 6.07) is 0. The lowest BCUT2D eigenvalue weighted by molar-refractivity contribution is 0.195. The van der Waals surface area contributed by atoms with Gasteiger partial charge in [-0.05, 0) is 6.92 Å². The van der Waals surface area contributed by atoms with Crippen LogP contribution in [0.1, 0.15) is 18.7 Å². The number of H-pyrrole nitrogens is 1. The summed E-state index contributed by atoms with van der Waals surface area (Å²) in [4.78, 5) is 0. The molecule has 1 aromatic heterocycles. The van der Waals surface area contributed by atoms with E-state index in [4.69, 9.17) is 10.8 Å². The number of anilines is 1. The Kier molecular flexibility index (Phi) is 1.40. The van der Waals surface area contributed by atoms with Crippen molar-refractivity contribution in [2.75, 3.05) is 5.73 Å². The molecule has 50 valence electrons. The standard InChI is InChI=1S/C5H9N3O/c1-3(9)5-4(6)2-7-8-5/h2-3,9H,6H2,1H3,(H,7,8). The maximum atomic E-state index is 8.93. The first-order valence-electron chi connectivity index (χ1n) is 2.69. The average molecular weight is 127 g/mol. The van der Waals surface area contributed by atoms with Crippen molar-refractivity contribution in [3.05, 3.63) is 11.9 Å². The smallest absolute Gasteiger partial charge is 0.113 e. The highest BCUT2D eigenvalue weighted by molar-refractivity contribution is 5.40. The van der Waals surface area contributed by atoms with Crippen LogP contribution in [0.5, 0.6) is 0 Å². The number of aromatic nitrogens is 2. The second-order valence-corrected chi connectivity index (χ2v) is 1.90. The number of nitrogen functional groups attached to an aromatic ring is 1. The van der Waals surface area contributed by atoms with E-state index in [9.17, 15) is 0 Å². The first-order chi connectivity index (χ1) is 4.22. The number of nitrogens with zero attached hydrogens (tertiary/aromatic N) is 1. The van der Waals surface area contributed by atoms with Crippen LogP contribution in [0.15, 0.2) is 6.20 Å². The van der Waals surface area contributed by atoms with Gasteiger partial charge in [-0.1, -0.05) is 0 Å². The molecule has 4 heteroatoms. The highest BCUT2D eigenvalue weighted by atomic mass is 16.3. The van der Waals surface area contributed by atoms with Crippen LogP contribution in [-0.4, -0.2) is 15.3 Å². The number of aliphatic hydroxyl groups excluding tert-OH is 1. The summed E-state index contributed by atoms with van der Waals surface area (Å²) < 4.78 is 0. The van der Waals surface area contributed by atoms with E-state index in [1.165, 1.54) is 0 Å². The SMILES string of the molecule is CC(O)c1n[nH]cc1N. The number of hydrogen-bond acceptors (Lipinski definition) is 3. The first kappa shape index (κ1) is 6.10. The predicted molar refractivity (Wildman–Crippen MR) is 33.6 cm³/mol. The first-order valence-corrected chi connectivity index (χ1v) is 2.69. The number of nitrogens with one attached hydrogen (secondary N) is 1. The van der Waals surface area contributed by atoms with Crippen LogP contribution in [-0.2, 0) is 0 Å². The summed E-state index contributed by atoms with van der Waals surface area (Å²) in [5.41, 5.74) is 6.40. The summed E-state index contributed by atoms with van der Waals surface area (Å²) >= 11 is 0. The van der Waals surface area contributed by atoms with Gasteiger partial charge in [-0.25, -0.2) is 0 Å². The van der Waals surface area contributed by atoms with Crippen molar-refractivity contribution in [1.82, 2.24) is 10.2 Å². The minimum Gasteiger partial charge on any atom is -0.396 e. The van der Waals surface area contributed by atoms with Gasteiger partial charge < -0.3 is 10.8 Å². The van der Waals surface area contributed by atoms with E-state index in [-0.39, 0.29) is 0 Å². The molecule has 0 fully saturated rings. The molecule has 4 N–H and O–H groups in total. The molecule has 0 spiro atoms. The molecule has 1 rings (SSSR count). The second-order valence-electron chi connectivity index (χ2n) is 1.90. The van der Waals surface area contributed by atoms with E-state index >= 15 is 0 Å². The number of hydrogen-bond donors (Lipinski definition) is 3. The predicted octanol–water partition coefficient (Wildman–Crippen LogP) is 0.0452. The van der Waals surface area contributed by atoms with Crippen molar-refractivity contribution in [3.63, 3.8) is 0 Å². The summed E-state index contributed by atoms with van der Waals surface area (Å²) in [6.07, 6.45) is 0.957. The average Bonchev–Trinajstić information content (AvgIpc) is 2.13. The Hall–Kier alpha value is -1.03. The molecule has 4 nitrogen and oxygen atoms in total. The molecular weight excluding hydrogens is 118 g/mol. The fourth-order valence-electron chi connectivity index (χ4n) is 0.644. The molecule has 0 aromatic carbocycles. The van der Waals surface area contributed by atoms with Gasteiger partial charge in [0.25, 0.3) is 0 Å². The van der Waals surface area contributed by atoms with E-state index in [1.54, 1.807) is 13.1 Å². The Morgan fingerprint density at radius 2 is 2.56 bits per heavy atom. The van der Waals surface area contributed by atoms with Gasteiger partial charge in [0.05, 0.1) is 11.8 Å². The van der Waals surface area contributed by atoms with Crippen molar-refractivity contribution in [2.24, 2.45) is 0 Å². The fourth-order valence-corrected chi connectivity index (χ4v) is 0.644. The lowest BCUT2D eigenvalue weighted by Crippen LogP contribution is -1.95. The number of rotatable bonds is 1. The molecule has 1 aromatic rings. The van der Waals surface area contributed by atoms with E-state index < -0.39 is 6.10 Å². The van der Waals surface area contributed by atoms with E-state index in [0.29, 0.717) is 11.4 Å². The molecule has 0 amide bonds. The van der Waals surface area contributed by atoms with Gasteiger partial charge in [-0.15, -0.1) is 0 Å². The van der Waals surface area contributed by atoms with E-state index in [1.807, 2.05) is 0 Å². The van der Waals surface area contributed by atoms with E-state index in [2.05, 4.69) is 10.2 Å². The third-order valence-corrected chi connectivity index (χ3v) is 1.10. The van der Waals surface area contributed by atoms with Crippen LogP contribution in [0.2, 0.25) is 0 Å². The lowest BCUT2D eigenvalue weighted by atomic mass is 10.3. The minimum atomic E-state index is -0.587. The summed E-state index contributed by atoms with van der Waals surface area (Å²) in [5.74, 6) is 0. The van der Waals surface area contributed by atoms with Crippen molar-refractivity contribution < 1.29 is 5.11 Å². The van der Waals surface area contributed by atoms with Crippen LogP contribution in [0, 0.1) is 0 Å². The number of aliphatic hydroxyl groups is 1. The summed E-state index contributed by atoms with van der Waals surface area (Å²) in [7, 11) is 0. The van der Waals surface area contributed by atoms with Gasteiger partial charge in [0.1, 0.15) is 5.69 Å². The Morgan fingerprint density at radius 1 is 1.89 bits per heavy atom. The molecule has 0 saturated carbocycles. The maximum absolute atomic E-state index is 8.93. The summed E-state index contributed by atoms with van der Waals surface area (Å²) in [6.45, 7) is 1.62. The Bertz CT molecular complexity index is 194. The fraction of sp³-hybridized carbons (Fsp3) is 0.400. The summed E-state index contributed by atoms with van der Waals surface area (Å²) in [5, 5.41) is 15.2. The van der Waals surface area contributed by atoms with Crippen LogP contribution in [0.3, 0.4) is 0 Å². The Balaban J connectivity index is 2.94. The van der Waals surface area contributed by atoms with Gasteiger partial charge in [0.2, 0.25) is 0 Å². The molecule has 9 heavy (non-hydrogen) atoms. The zero-order valence-electron chi connectivity index (χ0n) is 5.13. The molecule has 1 atom stereocenters. The molecular formula is C5H9N3O. The molecule has 0 aliphatic rings. The van der Waals surface area contributed by atoms with Gasteiger partial charge in [-0.2, -0.15) is 5.10 Å². The normalized spacial score (nSPS) is 13.6. The third kappa shape index (κ3) is 1.02. The molecule has 0 bridgehead atoms. The van der Waals surface area contributed by atoms with Crippen LogP contribution >= 0.6 is 0 Å². The molecule has 1 unspecified atom stereocenters. The van der Waals surface area contributed by atoms with Gasteiger partial charge in [-0.3, -0.25) is 5.10 Å². The largest absolute Gasteiger partial charge is 0.396 e. The Morgan fingerprint density at radius 3 is 2.78 bits per heavy atom. The van der Waals surface area contributed by atoms with Crippen LogP contribution in [0.25, 0.3) is 0 Å². The number of nitrogens with two attached hydrogens (primary N) is 1. The van der Waals surface area contributed by atoms with Crippen molar-refractivity contribution in [1.29, 1.82) is 0 Å². The quantitative estimate of drug-likeness (QED) is 0.498. The monoisotopic (exact) mass is 127 g/mol. The Labute approximate surface area is 52.7 Å². The maximum Gasteiger partial charge on any atom is 0.113 e. The molecule has 1 heterocycles. The third-order valence-electron chi connectivity index (χ3n) is 1.10. The highest BCUT2D eigenvalue weighted by Gasteiger charge is 2.06. The van der Waals surface area contributed by atoms with Crippen LogP contribution < -0.4 is 5.73 Å². The molecule has 0 saturated heterocycles. The van der Waals surface area contributed by atoms with E-state index in [0.717, 1.165) is 0 Å². The minimum absolute atomic E-state index is 0.505. The lowest BCUT2D eigenvalue weighted by Gasteiger charge is -1.97. The van der Waals surface area contributed by atoms with Gasteiger partial charge in [0.15, 0.2) is 0 Å². The van der Waals surface area contributed by atoms with Crippen LogP contribution in [0.4, 0.5) is 5.69 Å². The van der Waals surface area contributed by atoms with Gasteiger partial charge >= 0.3 is 0 Å². The topological polar surface area (TPSA) is 74.9 Å². The molecule has 0 radical (unpaired) electrons. The van der Waals surface area contributed by atoms with Crippen molar-refractivity contribution >= 4 is 5.69 Å². The van der Waals surface area contributed by atoms with Crippen molar-refractivity contribution in [3.8, 4) is 0 Å². The van der Waals surface area contributed by atoms with Gasteiger partial charge in [0, 0.05) is 6.20 Å². The van der Waals surface area contributed by atoms with Crippen molar-refractivity contribution in [2.45, 2.75) is 13.0 Å². The highest BCUT2D eigenvalue weighted by Crippen LogP contribution is 2.14. The zero-order valence-corrected chi connectivity index (χ0v) is 5.13. The molecule has 0 aliphatic heterocycles. The molecule has 0 aliphatic carbocycles.